The summed E-state index contributed by atoms with van der Waals surface area (Å²) in [5.41, 5.74) is 3.73. The van der Waals surface area contributed by atoms with E-state index < -0.39 is 11.9 Å². The van der Waals surface area contributed by atoms with Crippen LogP contribution in [0.15, 0.2) is 48.5 Å². The van der Waals surface area contributed by atoms with Gasteiger partial charge in [0.15, 0.2) is 5.78 Å². The van der Waals surface area contributed by atoms with Crippen LogP contribution in [0.1, 0.15) is 34.5 Å². The summed E-state index contributed by atoms with van der Waals surface area (Å²) < 4.78 is 5.12. The van der Waals surface area contributed by atoms with Gasteiger partial charge in [0.1, 0.15) is 5.75 Å². The monoisotopic (exact) mass is 328 g/mol. The summed E-state index contributed by atoms with van der Waals surface area (Å²) in [7, 11) is 1.59. The number of carbonyl (C=O) groups is 2. The van der Waals surface area contributed by atoms with E-state index in [1.807, 2.05) is 24.3 Å². The van der Waals surface area contributed by atoms with Crippen molar-refractivity contribution in [1.29, 1.82) is 0 Å². The van der Waals surface area contributed by atoms with Gasteiger partial charge in [0.05, 0.1) is 13.2 Å². The van der Waals surface area contributed by atoms with Gasteiger partial charge >= 0.3 is 0 Å². The third kappa shape index (κ3) is 4.41. The van der Waals surface area contributed by atoms with Crippen LogP contribution in [0.3, 0.4) is 0 Å². The summed E-state index contributed by atoms with van der Waals surface area (Å²) in [6.45, 7) is 2.01. The smallest absolute Gasteiger partial charge is 0.274 e. The summed E-state index contributed by atoms with van der Waals surface area (Å²) in [4.78, 5) is 23.2. The molecule has 24 heavy (non-hydrogen) atoms. The number of ether oxygens (including phenoxy) is 1. The molecule has 3 N–H and O–H groups in total. The van der Waals surface area contributed by atoms with E-state index >= 15 is 0 Å². The molecule has 1 amide bonds. The van der Waals surface area contributed by atoms with E-state index in [-0.39, 0.29) is 5.78 Å². The van der Waals surface area contributed by atoms with Gasteiger partial charge in [-0.05, 0) is 42.3 Å². The molecule has 126 valence electrons. The molecule has 0 heterocycles. The van der Waals surface area contributed by atoms with Gasteiger partial charge in [0, 0.05) is 12.1 Å². The van der Waals surface area contributed by atoms with Crippen LogP contribution >= 0.6 is 0 Å². The molecule has 0 spiro atoms. The highest BCUT2D eigenvalue weighted by Crippen LogP contribution is 2.19. The zero-order valence-corrected chi connectivity index (χ0v) is 13.6. The van der Waals surface area contributed by atoms with Crippen molar-refractivity contribution >= 4 is 11.7 Å². The third-order valence-corrected chi connectivity index (χ3v) is 3.68. The molecule has 0 saturated heterocycles. The van der Waals surface area contributed by atoms with Gasteiger partial charge in [-0.15, -0.1) is 0 Å². The van der Waals surface area contributed by atoms with E-state index in [2.05, 4.69) is 5.32 Å². The molecule has 1 atom stereocenters. The molecular weight excluding hydrogens is 308 g/mol. The number of ketones is 1. The summed E-state index contributed by atoms with van der Waals surface area (Å²) in [6, 6.07) is 13.7. The van der Waals surface area contributed by atoms with Crippen LogP contribution in [0.25, 0.3) is 0 Å². The van der Waals surface area contributed by atoms with E-state index in [9.17, 15) is 9.59 Å². The van der Waals surface area contributed by atoms with Crippen molar-refractivity contribution in [3.63, 3.8) is 0 Å². The van der Waals surface area contributed by atoms with E-state index in [1.54, 1.807) is 36.9 Å². The first-order valence-electron chi connectivity index (χ1n) is 7.46. The molecule has 0 saturated carbocycles. The van der Waals surface area contributed by atoms with Crippen molar-refractivity contribution in [2.45, 2.75) is 19.5 Å². The SMILES string of the molecule is COc1ccc(C(NCc2ccc(C(=O)NO)cc2)C(C)=O)cc1. The van der Waals surface area contributed by atoms with E-state index in [4.69, 9.17) is 9.94 Å². The van der Waals surface area contributed by atoms with Crippen molar-refractivity contribution in [1.82, 2.24) is 10.8 Å². The van der Waals surface area contributed by atoms with Crippen molar-refractivity contribution in [3.05, 3.63) is 65.2 Å². The molecule has 6 nitrogen and oxygen atoms in total. The predicted molar refractivity (Wildman–Crippen MR) is 89.0 cm³/mol. The summed E-state index contributed by atoms with van der Waals surface area (Å²) in [5, 5.41) is 11.8. The normalized spacial score (nSPS) is 11.6. The van der Waals surface area contributed by atoms with Crippen LogP contribution in [-0.2, 0) is 11.3 Å². The Hall–Kier alpha value is -2.70. The fraction of sp³-hybridized carbons (Fsp3) is 0.222. The maximum Gasteiger partial charge on any atom is 0.274 e. The Kier molecular flexibility index (Phi) is 6.06. The fourth-order valence-corrected chi connectivity index (χ4v) is 2.35. The predicted octanol–water partition coefficient (Wildman–Crippen LogP) is 2.23. The zero-order chi connectivity index (χ0) is 17.5. The number of carbonyl (C=O) groups excluding carboxylic acids is 2. The van der Waals surface area contributed by atoms with Crippen LogP contribution < -0.4 is 15.5 Å². The lowest BCUT2D eigenvalue weighted by atomic mass is 10.0. The van der Waals surface area contributed by atoms with Crippen LogP contribution in [-0.4, -0.2) is 24.0 Å². The summed E-state index contributed by atoms with van der Waals surface area (Å²) in [5.74, 6) is 0.185. The Labute approximate surface area is 140 Å². The van der Waals surface area contributed by atoms with Crippen LogP contribution in [0.4, 0.5) is 0 Å². The average Bonchev–Trinajstić information content (AvgIpc) is 2.62. The maximum absolute atomic E-state index is 11.9. The van der Waals surface area contributed by atoms with Crippen LogP contribution in [0.2, 0.25) is 0 Å². The topological polar surface area (TPSA) is 87.7 Å². The summed E-state index contributed by atoms with van der Waals surface area (Å²) in [6.07, 6.45) is 0. The van der Waals surface area contributed by atoms with Crippen molar-refractivity contribution in [2.24, 2.45) is 0 Å². The molecular formula is C18H20N2O4. The Morgan fingerprint density at radius 2 is 1.71 bits per heavy atom. The highest BCUT2D eigenvalue weighted by molar-refractivity contribution is 5.93. The second-order valence-electron chi connectivity index (χ2n) is 5.34. The number of benzene rings is 2. The quantitative estimate of drug-likeness (QED) is 0.536. The number of rotatable bonds is 7. The number of methoxy groups -OCH3 is 1. The number of nitrogens with one attached hydrogen (secondary N) is 2. The van der Waals surface area contributed by atoms with Crippen molar-refractivity contribution < 1.29 is 19.5 Å². The molecule has 2 aromatic carbocycles. The molecule has 0 aliphatic rings. The molecule has 0 radical (unpaired) electrons. The first-order valence-corrected chi connectivity index (χ1v) is 7.46. The lowest BCUT2D eigenvalue weighted by Gasteiger charge is -2.17. The van der Waals surface area contributed by atoms with Crippen molar-refractivity contribution in [2.75, 3.05) is 7.11 Å². The van der Waals surface area contributed by atoms with Crippen LogP contribution in [0.5, 0.6) is 5.75 Å². The number of hydrogen-bond donors (Lipinski definition) is 3. The van der Waals surface area contributed by atoms with Gasteiger partial charge in [-0.2, -0.15) is 0 Å². The minimum absolute atomic E-state index is 0.0106. The van der Waals surface area contributed by atoms with Gasteiger partial charge in [-0.3, -0.25) is 20.1 Å². The van der Waals surface area contributed by atoms with Crippen LogP contribution in [0, 0.1) is 0 Å². The lowest BCUT2D eigenvalue weighted by Crippen LogP contribution is -2.26. The molecule has 2 aromatic rings. The third-order valence-electron chi connectivity index (χ3n) is 3.68. The van der Waals surface area contributed by atoms with Crippen molar-refractivity contribution in [3.8, 4) is 5.75 Å². The maximum atomic E-state index is 11.9. The first kappa shape index (κ1) is 17.7. The fourth-order valence-electron chi connectivity index (χ4n) is 2.35. The lowest BCUT2D eigenvalue weighted by molar-refractivity contribution is -0.119. The molecule has 0 fully saturated rings. The Morgan fingerprint density at radius 3 is 2.21 bits per heavy atom. The Bertz CT molecular complexity index is 696. The largest absolute Gasteiger partial charge is 0.497 e. The van der Waals surface area contributed by atoms with Gasteiger partial charge in [-0.1, -0.05) is 24.3 Å². The standard InChI is InChI=1S/C18H20N2O4/c1-12(21)17(14-7-9-16(24-2)10-8-14)19-11-13-3-5-15(6-4-13)18(22)20-23/h3-10,17,19,23H,11H2,1-2H3,(H,20,22). The second kappa shape index (κ2) is 8.24. The number of hydrogen-bond acceptors (Lipinski definition) is 5. The average molecular weight is 328 g/mol. The Balaban J connectivity index is 2.05. The first-order chi connectivity index (χ1) is 11.5. The second-order valence-corrected chi connectivity index (χ2v) is 5.34. The molecule has 0 aliphatic heterocycles. The molecule has 6 heteroatoms. The summed E-state index contributed by atoms with van der Waals surface area (Å²) >= 11 is 0. The number of amides is 1. The minimum atomic E-state index is -0.561. The molecule has 0 aliphatic carbocycles. The molecule has 0 bridgehead atoms. The Morgan fingerprint density at radius 1 is 1.08 bits per heavy atom. The van der Waals surface area contributed by atoms with E-state index in [0.717, 1.165) is 16.9 Å². The number of Topliss-reactive ketones (excluding diaryl/α,β-unsaturated/α-hetero) is 1. The van der Waals surface area contributed by atoms with Gasteiger partial charge in [0.2, 0.25) is 0 Å². The highest BCUT2D eigenvalue weighted by Gasteiger charge is 2.16. The number of hydroxylamine groups is 1. The zero-order valence-electron chi connectivity index (χ0n) is 13.6. The molecule has 0 aromatic heterocycles. The molecule has 2 rings (SSSR count). The van der Waals surface area contributed by atoms with Gasteiger partial charge in [-0.25, -0.2) is 5.48 Å². The van der Waals surface area contributed by atoms with Gasteiger partial charge in [0.25, 0.3) is 5.91 Å². The van der Waals surface area contributed by atoms with Gasteiger partial charge < -0.3 is 4.74 Å². The van der Waals surface area contributed by atoms with E-state index in [0.29, 0.717) is 12.1 Å². The highest BCUT2D eigenvalue weighted by atomic mass is 16.5. The minimum Gasteiger partial charge on any atom is -0.497 e. The van der Waals surface area contributed by atoms with E-state index in [1.165, 1.54) is 6.92 Å². The molecule has 1 unspecified atom stereocenters.